The van der Waals surface area contributed by atoms with E-state index in [0.29, 0.717) is 17.1 Å². The largest absolute Gasteiger partial charge is 0.465 e. The fourth-order valence-corrected chi connectivity index (χ4v) is 4.20. The summed E-state index contributed by atoms with van der Waals surface area (Å²) in [4.78, 5) is 38.3. The second-order valence-corrected chi connectivity index (χ2v) is 7.74. The molecular weight excluding hydrogens is 356 g/mol. The van der Waals surface area contributed by atoms with Crippen LogP contribution in [0, 0.1) is 19.8 Å². The Bertz CT molecular complexity index is 689. The number of rotatable bonds is 6. The topological polar surface area (TPSA) is 114 Å². The number of thiophene rings is 1. The van der Waals surface area contributed by atoms with Gasteiger partial charge in [-0.05, 0) is 44.7 Å². The first-order valence-electron chi connectivity index (χ1n) is 8.55. The van der Waals surface area contributed by atoms with Gasteiger partial charge in [-0.1, -0.05) is 0 Å². The Labute approximate surface area is 157 Å². The van der Waals surface area contributed by atoms with Crippen molar-refractivity contribution < 1.29 is 19.1 Å². The van der Waals surface area contributed by atoms with E-state index in [0.717, 1.165) is 36.4 Å². The van der Waals surface area contributed by atoms with Crippen LogP contribution in [0.15, 0.2) is 0 Å². The molecule has 0 bridgehead atoms. The molecule has 0 aromatic carbocycles. The number of carbonyl (C=O) groups excluding carboxylic acids is 3. The average Bonchev–Trinajstić information content (AvgIpc) is 2.86. The molecule has 1 saturated heterocycles. The van der Waals surface area contributed by atoms with Gasteiger partial charge in [0, 0.05) is 18.0 Å². The summed E-state index contributed by atoms with van der Waals surface area (Å²) in [5.74, 6) is -0.335. The van der Waals surface area contributed by atoms with Gasteiger partial charge < -0.3 is 21.1 Å². The number of aryl methyl sites for hydroxylation is 1. The summed E-state index contributed by atoms with van der Waals surface area (Å²) in [7, 11) is 1.33. The first-order valence-corrected chi connectivity index (χ1v) is 9.37. The highest BCUT2D eigenvalue weighted by atomic mass is 32.1. The van der Waals surface area contributed by atoms with Gasteiger partial charge in [0.1, 0.15) is 5.00 Å². The van der Waals surface area contributed by atoms with Crippen LogP contribution in [-0.2, 0) is 9.53 Å². The lowest BCUT2D eigenvalue weighted by molar-refractivity contribution is -0.117. The van der Waals surface area contributed by atoms with Gasteiger partial charge in [0.2, 0.25) is 5.91 Å². The second kappa shape index (κ2) is 9.00. The van der Waals surface area contributed by atoms with Crippen molar-refractivity contribution in [3.05, 3.63) is 16.0 Å². The molecule has 0 spiro atoms. The van der Waals surface area contributed by atoms with E-state index in [-0.39, 0.29) is 18.4 Å². The number of nitrogens with zero attached hydrogens (tertiary/aromatic N) is 1. The monoisotopic (exact) mass is 382 g/mol. The van der Waals surface area contributed by atoms with Gasteiger partial charge in [0.25, 0.3) is 0 Å². The van der Waals surface area contributed by atoms with Crippen molar-refractivity contribution >= 4 is 34.2 Å². The van der Waals surface area contributed by atoms with Gasteiger partial charge in [-0.25, -0.2) is 9.59 Å². The molecule has 1 fully saturated rings. The van der Waals surface area contributed by atoms with Gasteiger partial charge in [-0.2, -0.15) is 0 Å². The summed E-state index contributed by atoms with van der Waals surface area (Å²) in [5.41, 5.74) is 6.36. The van der Waals surface area contributed by atoms with Crippen molar-refractivity contribution in [3.8, 4) is 0 Å². The number of hydrogen-bond acceptors (Lipinski definition) is 6. The summed E-state index contributed by atoms with van der Waals surface area (Å²) < 4.78 is 4.82. The zero-order valence-electron chi connectivity index (χ0n) is 15.4. The quantitative estimate of drug-likeness (QED) is 0.645. The Morgan fingerprint density at radius 3 is 2.73 bits per heavy atom. The van der Waals surface area contributed by atoms with E-state index in [9.17, 15) is 14.4 Å². The molecule has 2 rings (SSSR count). The van der Waals surface area contributed by atoms with Gasteiger partial charge >= 0.3 is 12.0 Å². The molecule has 8 nitrogen and oxygen atoms in total. The molecule has 0 radical (unpaired) electrons. The van der Waals surface area contributed by atoms with Crippen molar-refractivity contribution in [2.75, 3.05) is 38.6 Å². The fraction of sp³-hybridized carbons (Fsp3) is 0.588. The van der Waals surface area contributed by atoms with Crippen LogP contribution < -0.4 is 16.4 Å². The highest BCUT2D eigenvalue weighted by Gasteiger charge is 2.24. The van der Waals surface area contributed by atoms with E-state index in [4.69, 9.17) is 10.5 Å². The minimum atomic E-state index is -0.529. The van der Waals surface area contributed by atoms with E-state index >= 15 is 0 Å². The number of esters is 1. The van der Waals surface area contributed by atoms with Crippen LogP contribution in [0.1, 0.15) is 33.6 Å². The molecule has 1 atom stereocenters. The third kappa shape index (κ3) is 5.18. The third-order valence-electron chi connectivity index (χ3n) is 4.56. The summed E-state index contributed by atoms with van der Waals surface area (Å²) in [6, 6.07) is -0.529. The Kier molecular flexibility index (Phi) is 6.98. The Morgan fingerprint density at radius 1 is 1.35 bits per heavy atom. The molecular formula is C17H26N4O4S. The lowest BCUT2D eigenvalue weighted by Crippen LogP contribution is -2.44. The fourth-order valence-electron chi connectivity index (χ4n) is 3.14. The van der Waals surface area contributed by atoms with E-state index in [1.807, 2.05) is 13.8 Å². The zero-order chi connectivity index (χ0) is 19.3. The summed E-state index contributed by atoms with van der Waals surface area (Å²) in [6.45, 7) is 6.05. The lowest BCUT2D eigenvalue weighted by atomic mass is 9.98. The van der Waals surface area contributed by atoms with Crippen molar-refractivity contribution in [1.29, 1.82) is 0 Å². The van der Waals surface area contributed by atoms with E-state index < -0.39 is 12.0 Å². The van der Waals surface area contributed by atoms with Crippen LogP contribution in [0.2, 0.25) is 0 Å². The molecule has 1 aromatic heterocycles. The van der Waals surface area contributed by atoms with Gasteiger partial charge in [-0.3, -0.25) is 9.69 Å². The van der Waals surface area contributed by atoms with Crippen LogP contribution in [0.5, 0.6) is 0 Å². The number of primary amides is 1. The summed E-state index contributed by atoms with van der Waals surface area (Å²) in [5, 5.41) is 6.00. The highest BCUT2D eigenvalue weighted by Crippen LogP contribution is 2.33. The van der Waals surface area contributed by atoms with Crippen LogP contribution in [0.4, 0.5) is 9.80 Å². The highest BCUT2D eigenvalue weighted by molar-refractivity contribution is 7.16. The lowest BCUT2D eigenvalue weighted by Gasteiger charge is -2.32. The van der Waals surface area contributed by atoms with Crippen molar-refractivity contribution in [2.24, 2.45) is 11.7 Å². The maximum atomic E-state index is 12.4. The van der Waals surface area contributed by atoms with E-state index in [2.05, 4.69) is 15.5 Å². The molecule has 9 heteroatoms. The van der Waals surface area contributed by atoms with Crippen LogP contribution in [0.3, 0.4) is 0 Å². The first-order chi connectivity index (χ1) is 12.3. The zero-order valence-corrected chi connectivity index (χ0v) is 16.2. The number of likely N-dealkylation sites (tertiary alicyclic amines) is 1. The number of urea groups is 1. The Morgan fingerprint density at radius 2 is 2.08 bits per heavy atom. The molecule has 2 heterocycles. The first kappa shape index (κ1) is 20.2. The normalized spacial score (nSPS) is 17.6. The predicted octanol–water partition coefficient (Wildman–Crippen LogP) is 1.47. The molecule has 1 aliphatic rings. The molecule has 0 aliphatic carbocycles. The number of carbonyl (C=O) groups is 3. The second-order valence-electron chi connectivity index (χ2n) is 6.52. The van der Waals surface area contributed by atoms with Crippen LogP contribution in [0.25, 0.3) is 0 Å². The molecule has 0 saturated carbocycles. The molecule has 1 aromatic rings. The number of anilines is 1. The molecule has 26 heavy (non-hydrogen) atoms. The number of ether oxygens (including phenoxy) is 1. The van der Waals surface area contributed by atoms with Crippen molar-refractivity contribution in [1.82, 2.24) is 10.2 Å². The Hall–Kier alpha value is -2.13. The van der Waals surface area contributed by atoms with Crippen molar-refractivity contribution in [2.45, 2.75) is 26.7 Å². The standard InChI is InChI=1S/C17H26N4O4S/c1-10-11(2)26-15(14(10)16(23)25-3)20-13(22)9-21-6-4-5-12(8-21)7-19-17(18)24/h12H,4-9H2,1-3H3,(H,20,22)(H3,18,19,24)/t12-/m0/s1. The minimum Gasteiger partial charge on any atom is -0.465 e. The van der Waals surface area contributed by atoms with Gasteiger partial charge in [0.15, 0.2) is 0 Å². The SMILES string of the molecule is COC(=O)c1c(NC(=O)CN2CCC[C@@H](CNC(N)=O)C2)sc(C)c1C. The predicted molar refractivity (Wildman–Crippen MR) is 101 cm³/mol. The number of hydrogen-bond donors (Lipinski definition) is 3. The maximum absolute atomic E-state index is 12.4. The van der Waals surface area contributed by atoms with E-state index in [1.165, 1.54) is 18.4 Å². The maximum Gasteiger partial charge on any atom is 0.341 e. The number of methoxy groups -OCH3 is 1. The molecule has 0 unspecified atom stereocenters. The average molecular weight is 382 g/mol. The Balaban J connectivity index is 1.95. The number of piperidine rings is 1. The molecule has 1 aliphatic heterocycles. The minimum absolute atomic E-state index is 0.167. The smallest absolute Gasteiger partial charge is 0.341 e. The number of nitrogens with two attached hydrogens (primary N) is 1. The molecule has 144 valence electrons. The molecule has 4 N–H and O–H groups in total. The number of amides is 3. The third-order valence-corrected chi connectivity index (χ3v) is 5.69. The van der Waals surface area contributed by atoms with E-state index in [1.54, 1.807) is 0 Å². The van der Waals surface area contributed by atoms with Crippen molar-refractivity contribution in [3.63, 3.8) is 0 Å². The van der Waals surface area contributed by atoms with Gasteiger partial charge in [-0.15, -0.1) is 11.3 Å². The van der Waals surface area contributed by atoms with Gasteiger partial charge in [0.05, 0.1) is 19.2 Å². The summed E-state index contributed by atoms with van der Waals surface area (Å²) >= 11 is 1.37. The summed E-state index contributed by atoms with van der Waals surface area (Å²) in [6.07, 6.45) is 1.96. The number of nitrogens with one attached hydrogen (secondary N) is 2. The van der Waals surface area contributed by atoms with Crippen LogP contribution in [-0.4, -0.2) is 56.1 Å². The molecule has 3 amide bonds. The van der Waals surface area contributed by atoms with Crippen LogP contribution >= 0.6 is 11.3 Å².